The van der Waals surface area contributed by atoms with Crippen LogP contribution in [0.3, 0.4) is 0 Å². The molecule has 7 heteroatoms. The predicted molar refractivity (Wildman–Crippen MR) is 66.7 cm³/mol. The van der Waals surface area contributed by atoms with Crippen LogP contribution in [0.25, 0.3) is 5.65 Å². The summed E-state index contributed by atoms with van der Waals surface area (Å²) in [7, 11) is -3.29. The second-order valence-electron chi connectivity index (χ2n) is 4.03. The lowest BCUT2D eigenvalue weighted by atomic mass is 10.4. The van der Waals surface area contributed by atoms with Crippen LogP contribution in [0.4, 0.5) is 0 Å². The Kier molecular flexibility index (Phi) is 3.33. The number of imidazole rings is 1. The Bertz CT molecular complexity index is 676. The van der Waals surface area contributed by atoms with E-state index >= 15 is 0 Å². The van der Waals surface area contributed by atoms with Crippen LogP contribution in [-0.4, -0.2) is 35.7 Å². The SMILES string of the molecule is CS(=O)(=O)CC(=O)NCc1cnc2ccccn12. The number of carbonyl (C=O) groups is 1. The molecule has 2 heterocycles. The number of amides is 1. The maximum Gasteiger partial charge on any atom is 0.235 e. The first-order chi connectivity index (χ1) is 8.46. The van der Waals surface area contributed by atoms with Gasteiger partial charge in [0, 0.05) is 12.5 Å². The van der Waals surface area contributed by atoms with E-state index in [2.05, 4.69) is 10.3 Å². The predicted octanol–water partition coefficient (Wildman–Crippen LogP) is -0.00490. The Hall–Kier alpha value is -1.89. The van der Waals surface area contributed by atoms with E-state index < -0.39 is 21.5 Å². The van der Waals surface area contributed by atoms with E-state index in [1.54, 1.807) is 6.20 Å². The third-order valence-corrected chi connectivity index (χ3v) is 3.14. The highest BCUT2D eigenvalue weighted by Gasteiger charge is 2.11. The van der Waals surface area contributed by atoms with Crippen molar-refractivity contribution in [1.29, 1.82) is 0 Å². The van der Waals surface area contributed by atoms with Gasteiger partial charge in [0.2, 0.25) is 5.91 Å². The van der Waals surface area contributed by atoms with E-state index in [1.165, 1.54) is 0 Å². The molecule has 2 aromatic heterocycles. The summed E-state index contributed by atoms with van der Waals surface area (Å²) in [6.45, 7) is 0.250. The summed E-state index contributed by atoms with van der Waals surface area (Å²) in [5.41, 5.74) is 1.58. The van der Waals surface area contributed by atoms with Crippen molar-refractivity contribution >= 4 is 21.4 Å². The fraction of sp³-hybridized carbons (Fsp3) is 0.273. The highest BCUT2D eigenvalue weighted by Crippen LogP contribution is 2.05. The summed E-state index contributed by atoms with van der Waals surface area (Å²) in [4.78, 5) is 15.5. The molecule has 2 aromatic rings. The molecule has 0 fully saturated rings. The molecule has 6 nitrogen and oxygen atoms in total. The second kappa shape index (κ2) is 4.77. The summed E-state index contributed by atoms with van der Waals surface area (Å²) >= 11 is 0. The van der Waals surface area contributed by atoms with Gasteiger partial charge in [0.1, 0.15) is 11.4 Å². The van der Waals surface area contributed by atoms with E-state index in [4.69, 9.17) is 0 Å². The van der Waals surface area contributed by atoms with Gasteiger partial charge in [-0.25, -0.2) is 13.4 Å². The molecule has 0 unspecified atom stereocenters. The molecule has 0 aliphatic rings. The minimum absolute atomic E-state index is 0.250. The van der Waals surface area contributed by atoms with Crippen LogP contribution in [0.5, 0.6) is 0 Å². The fourth-order valence-corrected chi connectivity index (χ4v) is 2.17. The molecule has 0 radical (unpaired) electrons. The van der Waals surface area contributed by atoms with Crippen molar-refractivity contribution in [1.82, 2.24) is 14.7 Å². The lowest BCUT2D eigenvalue weighted by molar-refractivity contribution is -0.118. The fourth-order valence-electron chi connectivity index (χ4n) is 1.59. The number of hydrogen-bond acceptors (Lipinski definition) is 4. The van der Waals surface area contributed by atoms with Crippen LogP contribution in [-0.2, 0) is 21.2 Å². The quantitative estimate of drug-likeness (QED) is 0.845. The Morgan fingerprint density at radius 2 is 2.22 bits per heavy atom. The molecule has 96 valence electrons. The average molecular weight is 267 g/mol. The van der Waals surface area contributed by atoms with Crippen molar-refractivity contribution in [3.63, 3.8) is 0 Å². The van der Waals surface area contributed by atoms with Crippen LogP contribution in [0.1, 0.15) is 5.69 Å². The van der Waals surface area contributed by atoms with Gasteiger partial charge in [-0.1, -0.05) is 6.07 Å². The summed E-state index contributed by atoms with van der Waals surface area (Å²) in [5, 5.41) is 2.55. The normalized spacial score (nSPS) is 11.6. The van der Waals surface area contributed by atoms with Gasteiger partial charge in [-0.3, -0.25) is 4.79 Å². The molecular weight excluding hydrogens is 254 g/mol. The topological polar surface area (TPSA) is 80.5 Å². The lowest BCUT2D eigenvalue weighted by Gasteiger charge is -2.04. The highest BCUT2D eigenvalue weighted by molar-refractivity contribution is 7.91. The van der Waals surface area contributed by atoms with Gasteiger partial charge in [0.05, 0.1) is 18.4 Å². The standard InChI is InChI=1S/C11H13N3O3S/c1-18(16,17)8-11(15)13-7-9-6-12-10-4-2-3-5-14(9)10/h2-6H,7-8H2,1H3,(H,13,15). The molecule has 0 spiro atoms. The Morgan fingerprint density at radius 3 is 2.94 bits per heavy atom. The van der Waals surface area contributed by atoms with Gasteiger partial charge >= 0.3 is 0 Å². The van der Waals surface area contributed by atoms with Gasteiger partial charge < -0.3 is 9.72 Å². The molecule has 0 saturated heterocycles. The number of rotatable bonds is 4. The summed E-state index contributed by atoms with van der Waals surface area (Å²) in [6, 6.07) is 5.58. The number of carbonyl (C=O) groups excluding carboxylic acids is 1. The molecule has 0 aromatic carbocycles. The van der Waals surface area contributed by atoms with Gasteiger partial charge in [-0.15, -0.1) is 0 Å². The zero-order valence-electron chi connectivity index (χ0n) is 9.83. The Morgan fingerprint density at radius 1 is 1.44 bits per heavy atom. The summed E-state index contributed by atoms with van der Waals surface area (Å²) in [5.74, 6) is -1.01. The minimum Gasteiger partial charge on any atom is -0.350 e. The van der Waals surface area contributed by atoms with E-state index in [1.807, 2.05) is 28.8 Å². The maximum absolute atomic E-state index is 11.4. The van der Waals surface area contributed by atoms with Gasteiger partial charge in [0.25, 0.3) is 0 Å². The first-order valence-corrected chi connectivity index (χ1v) is 7.37. The molecule has 0 aliphatic carbocycles. The number of hydrogen-bond donors (Lipinski definition) is 1. The zero-order chi connectivity index (χ0) is 13.2. The molecule has 18 heavy (non-hydrogen) atoms. The molecule has 0 aliphatic heterocycles. The number of sulfone groups is 1. The van der Waals surface area contributed by atoms with Crippen LogP contribution >= 0.6 is 0 Å². The van der Waals surface area contributed by atoms with Crippen molar-refractivity contribution < 1.29 is 13.2 Å². The molecule has 1 amide bonds. The largest absolute Gasteiger partial charge is 0.350 e. The van der Waals surface area contributed by atoms with Gasteiger partial charge in [0.15, 0.2) is 9.84 Å². The third kappa shape index (κ3) is 3.07. The summed E-state index contributed by atoms with van der Waals surface area (Å²) < 4.78 is 23.7. The maximum atomic E-state index is 11.4. The van der Waals surface area contributed by atoms with Crippen molar-refractivity contribution in [2.45, 2.75) is 6.54 Å². The molecule has 1 N–H and O–H groups in total. The second-order valence-corrected chi connectivity index (χ2v) is 6.17. The van der Waals surface area contributed by atoms with Crippen molar-refractivity contribution in [2.24, 2.45) is 0 Å². The van der Waals surface area contributed by atoms with Gasteiger partial charge in [-0.05, 0) is 12.1 Å². The number of nitrogens with one attached hydrogen (secondary N) is 1. The van der Waals surface area contributed by atoms with E-state index in [9.17, 15) is 13.2 Å². The molecule has 0 saturated carbocycles. The lowest BCUT2D eigenvalue weighted by Crippen LogP contribution is -2.29. The zero-order valence-corrected chi connectivity index (χ0v) is 10.6. The number of pyridine rings is 1. The van der Waals surface area contributed by atoms with Crippen LogP contribution < -0.4 is 5.32 Å². The first-order valence-electron chi connectivity index (χ1n) is 5.31. The smallest absolute Gasteiger partial charge is 0.235 e. The van der Waals surface area contributed by atoms with Crippen LogP contribution in [0.2, 0.25) is 0 Å². The van der Waals surface area contributed by atoms with Crippen molar-refractivity contribution in [3.8, 4) is 0 Å². The van der Waals surface area contributed by atoms with Crippen molar-refractivity contribution in [2.75, 3.05) is 12.0 Å². The minimum atomic E-state index is -3.29. The molecule has 0 atom stereocenters. The molecule has 0 bridgehead atoms. The highest BCUT2D eigenvalue weighted by atomic mass is 32.2. The van der Waals surface area contributed by atoms with Crippen molar-refractivity contribution in [3.05, 3.63) is 36.3 Å². The number of nitrogens with zero attached hydrogens (tertiary/aromatic N) is 2. The third-order valence-electron chi connectivity index (χ3n) is 2.35. The monoisotopic (exact) mass is 267 g/mol. The van der Waals surface area contributed by atoms with E-state index in [0.717, 1.165) is 17.6 Å². The van der Waals surface area contributed by atoms with Crippen LogP contribution in [0, 0.1) is 0 Å². The average Bonchev–Trinajstić information content (AvgIpc) is 2.67. The molecule has 2 rings (SSSR count). The Balaban J connectivity index is 2.05. The Labute approximate surface area is 105 Å². The first kappa shape index (κ1) is 12.6. The number of aromatic nitrogens is 2. The summed E-state index contributed by atoms with van der Waals surface area (Å²) in [6.07, 6.45) is 4.51. The molecular formula is C11H13N3O3S. The number of fused-ring (bicyclic) bond motifs is 1. The van der Waals surface area contributed by atoms with Crippen LogP contribution in [0.15, 0.2) is 30.6 Å². The van der Waals surface area contributed by atoms with Gasteiger partial charge in [-0.2, -0.15) is 0 Å². The van der Waals surface area contributed by atoms with E-state index in [0.29, 0.717) is 0 Å². The van der Waals surface area contributed by atoms with E-state index in [-0.39, 0.29) is 6.54 Å².